The molecule has 0 aliphatic heterocycles. The maximum absolute atomic E-state index is 11.7. The Balaban J connectivity index is 2.02. The summed E-state index contributed by atoms with van der Waals surface area (Å²) < 4.78 is 6.43. The molecule has 27 heavy (non-hydrogen) atoms. The first-order valence-corrected chi connectivity index (χ1v) is 8.99. The van der Waals surface area contributed by atoms with Gasteiger partial charge in [0.25, 0.3) is 0 Å². The summed E-state index contributed by atoms with van der Waals surface area (Å²) in [6.07, 6.45) is 1.21. The minimum Gasteiger partial charge on any atom is -0.434 e. The summed E-state index contributed by atoms with van der Waals surface area (Å²) in [5.74, 6) is 0.271. The largest absolute Gasteiger partial charge is 0.434 e. The molecule has 0 bridgehead atoms. The Morgan fingerprint density at radius 2 is 1.85 bits per heavy atom. The van der Waals surface area contributed by atoms with E-state index in [1.54, 1.807) is 24.3 Å². The first-order chi connectivity index (χ1) is 12.9. The second kappa shape index (κ2) is 7.89. The van der Waals surface area contributed by atoms with Gasteiger partial charge in [0.2, 0.25) is 5.82 Å². The summed E-state index contributed by atoms with van der Waals surface area (Å²) in [6, 6.07) is 10.6. The number of hydrogen-bond donors (Lipinski definition) is 1. The molecule has 9 heteroatoms. The van der Waals surface area contributed by atoms with E-state index in [0.717, 1.165) is 15.6 Å². The molecule has 3 aromatic rings. The van der Waals surface area contributed by atoms with Crippen LogP contribution in [0, 0.1) is 24.0 Å². The predicted molar refractivity (Wildman–Crippen MR) is 107 cm³/mol. The minimum atomic E-state index is -0.579. The molecule has 0 spiro atoms. The first kappa shape index (κ1) is 19.1. The molecule has 138 valence electrons. The molecular weight excluding hydrogens is 436 g/mol. The summed E-state index contributed by atoms with van der Waals surface area (Å²) in [5.41, 5.74) is 1.87. The number of nitrogens with zero attached hydrogens (tertiary/aromatic N) is 3. The van der Waals surface area contributed by atoms with Crippen molar-refractivity contribution in [2.75, 3.05) is 5.32 Å². The maximum Gasteiger partial charge on any atom is 0.373 e. The third kappa shape index (κ3) is 4.17. The minimum absolute atomic E-state index is 0.0271. The van der Waals surface area contributed by atoms with Crippen molar-refractivity contribution in [2.24, 2.45) is 0 Å². The van der Waals surface area contributed by atoms with Crippen LogP contribution in [0.2, 0.25) is 5.02 Å². The van der Waals surface area contributed by atoms with E-state index in [4.69, 9.17) is 16.3 Å². The number of anilines is 2. The third-order valence-electron chi connectivity index (χ3n) is 3.72. The highest BCUT2D eigenvalue weighted by Gasteiger charge is 2.26. The number of ether oxygens (including phenoxy) is 1. The number of halogens is 2. The van der Waals surface area contributed by atoms with E-state index in [1.165, 1.54) is 6.33 Å². The van der Waals surface area contributed by atoms with Crippen LogP contribution in [0.5, 0.6) is 11.6 Å². The van der Waals surface area contributed by atoms with Crippen molar-refractivity contribution in [2.45, 2.75) is 13.8 Å². The quantitative estimate of drug-likeness (QED) is 0.382. The zero-order valence-electron chi connectivity index (χ0n) is 14.4. The topological polar surface area (TPSA) is 90.2 Å². The molecule has 0 aliphatic rings. The summed E-state index contributed by atoms with van der Waals surface area (Å²) in [4.78, 5) is 19.0. The van der Waals surface area contributed by atoms with Gasteiger partial charge in [-0.15, -0.1) is 0 Å². The van der Waals surface area contributed by atoms with Crippen LogP contribution in [0.3, 0.4) is 0 Å². The van der Waals surface area contributed by atoms with Crippen LogP contribution in [-0.2, 0) is 0 Å². The molecule has 0 radical (unpaired) electrons. The second-order valence-corrected chi connectivity index (χ2v) is 6.94. The number of hydrogen-bond acceptors (Lipinski definition) is 6. The van der Waals surface area contributed by atoms with Crippen LogP contribution < -0.4 is 10.1 Å². The summed E-state index contributed by atoms with van der Waals surface area (Å²) in [7, 11) is 0. The lowest BCUT2D eigenvalue weighted by Gasteiger charge is -2.11. The van der Waals surface area contributed by atoms with Gasteiger partial charge in [-0.2, -0.15) is 4.98 Å². The number of aromatic nitrogens is 2. The SMILES string of the molecule is Cc1cc(Oc2ncnc(Nc3ccccc3Br)c2[N+](=O)[O-])cc(C)c1Cl. The van der Waals surface area contributed by atoms with Crippen molar-refractivity contribution in [3.05, 3.63) is 73.5 Å². The van der Waals surface area contributed by atoms with Crippen LogP contribution in [0.4, 0.5) is 17.2 Å². The fraction of sp³-hybridized carbons (Fsp3) is 0.111. The number of benzene rings is 2. The lowest BCUT2D eigenvalue weighted by atomic mass is 10.1. The molecule has 1 aromatic heterocycles. The van der Waals surface area contributed by atoms with E-state index in [1.807, 2.05) is 26.0 Å². The molecule has 0 atom stereocenters. The van der Waals surface area contributed by atoms with Crippen molar-refractivity contribution in [3.63, 3.8) is 0 Å². The Hall–Kier alpha value is -2.71. The average Bonchev–Trinajstić information content (AvgIpc) is 2.61. The van der Waals surface area contributed by atoms with Gasteiger partial charge in [-0.1, -0.05) is 23.7 Å². The van der Waals surface area contributed by atoms with E-state index in [9.17, 15) is 10.1 Å². The lowest BCUT2D eigenvalue weighted by Crippen LogP contribution is -2.04. The summed E-state index contributed by atoms with van der Waals surface area (Å²) in [6.45, 7) is 3.66. The van der Waals surface area contributed by atoms with E-state index >= 15 is 0 Å². The summed E-state index contributed by atoms with van der Waals surface area (Å²) in [5, 5.41) is 15.2. The van der Waals surface area contributed by atoms with Crippen molar-refractivity contribution >= 4 is 44.7 Å². The average molecular weight is 450 g/mol. The van der Waals surface area contributed by atoms with E-state index in [0.29, 0.717) is 16.5 Å². The van der Waals surface area contributed by atoms with Crippen molar-refractivity contribution in [1.29, 1.82) is 0 Å². The highest BCUT2D eigenvalue weighted by atomic mass is 79.9. The van der Waals surface area contributed by atoms with Gasteiger partial charge in [0.1, 0.15) is 12.1 Å². The standard InChI is InChI=1S/C18H14BrClN4O3/c1-10-7-12(8-11(2)15(10)20)27-18-16(24(25)26)17(21-9-22-18)23-14-6-4-3-5-13(14)19/h3-9H,1-2H3,(H,21,22,23). The van der Waals surface area contributed by atoms with E-state index in [-0.39, 0.29) is 17.4 Å². The van der Waals surface area contributed by atoms with E-state index < -0.39 is 4.92 Å². The highest BCUT2D eigenvalue weighted by Crippen LogP contribution is 2.37. The third-order valence-corrected chi connectivity index (χ3v) is 5.01. The lowest BCUT2D eigenvalue weighted by molar-refractivity contribution is -0.385. The molecule has 1 heterocycles. The van der Waals surface area contributed by atoms with Crippen LogP contribution >= 0.6 is 27.5 Å². The van der Waals surface area contributed by atoms with Crippen LogP contribution in [0.25, 0.3) is 0 Å². The van der Waals surface area contributed by atoms with Crippen LogP contribution in [-0.4, -0.2) is 14.9 Å². The molecule has 0 amide bonds. The Labute approximate surface area is 168 Å². The first-order valence-electron chi connectivity index (χ1n) is 7.82. The van der Waals surface area contributed by atoms with Gasteiger partial charge in [-0.3, -0.25) is 10.1 Å². The smallest absolute Gasteiger partial charge is 0.373 e. The van der Waals surface area contributed by atoms with Gasteiger partial charge in [-0.05, 0) is 65.2 Å². The van der Waals surface area contributed by atoms with Crippen LogP contribution in [0.15, 0.2) is 47.2 Å². The van der Waals surface area contributed by atoms with Crippen molar-refractivity contribution in [1.82, 2.24) is 9.97 Å². The van der Waals surface area contributed by atoms with Gasteiger partial charge < -0.3 is 10.1 Å². The molecule has 1 N–H and O–H groups in total. The molecular formula is C18H14BrClN4O3. The molecule has 0 aliphatic carbocycles. The Kier molecular flexibility index (Phi) is 5.57. The Morgan fingerprint density at radius 3 is 2.48 bits per heavy atom. The molecule has 0 saturated carbocycles. The molecule has 0 unspecified atom stereocenters. The van der Waals surface area contributed by atoms with Crippen molar-refractivity contribution < 1.29 is 9.66 Å². The maximum atomic E-state index is 11.7. The fourth-order valence-corrected chi connectivity index (χ4v) is 2.95. The van der Waals surface area contributed by atoms with Crippen molar-refractivity contribution in [3.8, 4) is 11.6 Å². The van der Waals surface area contributed by atoms with Gasteiger partial charge >= 0.3 is 11.6 Å². The molecule has 2 aromatic carbocycles. The highest BCUT2D eigenvalue weighted by molar-refractivity contribution is 9.10. The molecule has 0 saturated heterocycles. The van der Waals surface area contributed by atoms with E-state index in [2.05, 4.69) is 31.2 Å². The monoisotopic (exact) mass is 448 g/mol. The zero-order chi connectivity index (χ0) is 19.6. The molecule has 0 fully saturated rings. The number of aryl methyl sites for hydroxylation is 2. The number of nitrogens with one attached hydrogen (secondary N) is 1. The molecule has 7 nitrogen and oxygen atoms in total. The Bertz CT molecular complexity index is 1010. The van der Waals surface area contributed by atoms with Crippen LogP contribution in [0.1, 0.15) is 11.1 Å². The van der Waals surface area contributed by atoms with Gasteiger partial charge in [0, 0.05) is 9.50 Å². The molecule has 3 rings (SSSR count). The fourth-order valence-electron chi connectivity index (χ4n) is 2.46. The number of rotatable bonds is 5. The number of para-hydroxylation sites is 1. The van der Waals surface area contributed by atoms with Gasteiger partial charge in [0.05, 0.1) is 10.6 Å². The second-order valence-electron chi connectivity index (χ2n) is 5.71. The normalized spacial score (nSPS) is 10.5. The summed E-state index contributed by atoms with van der Waals surface area (Å²) >= 11 is 9.55. The Morgan fingerprint density at radius 1 is 1.19 bits per heavy atom. The zero-order valence-corrected chi connectivity index (χ0v) is 16.7. The number of nitro groups is 1. The van der Waals surface area contributed by atoms with Gasteiger partial charge in [-0.25, -0.2) is 4.98 Å². The predicted octanol–water partition coefficient (Wildman–Crippen LogP) is 5.95. The van der Waals surface area contributed by atoms with Gasteiger partial charge in [0.15, 0.2) is 0 Å².